The van der Waals surface area contributed by atoms with Gasteiger partial charge in [0, 0.05) is 18.5 Å². The standard InChI is InChI=1S/C11H9ClF3N3O/c12-5-1-2-9-17-18-10(19-9)8-4-3-7(6-16-8)11(13,14)15/h3-4,6H,1-2,5H2. The van der Waals surface area contributed by atoms with Gasteiger partial charge in [0.15, 0.2) is 0 Å². The van der Waals surface area contributed by atoms with Gasteiger partial charge in [-0.1, -0.05) is 0 Å². The molecule has 0 amide bonds. The third-order valence-corrected chi connectivity index (χ3v) is 2.57. The van der Waals surface area contributed by atoms with Crippen LogP contribution in [0.5, 0.6) is 0 Å². The molecule has 0 radical (unpaired) electrons. The molecule has 0 aliphatic carbocycles. The topological polar surface area (TPSA) is 51.8 Å². The minimum absolute atomic E-state index is 0.0956. The van der Waals surface area contributed by atoms with Gasteiger partial charge in [-0.3, -0.25) is 4.98 Å². The number of rotatable bonds is 4. The first-order chi connectivity index (χ1) is 9.00. The molecule has 2 heterocycles. The number of aryl methyl sites for hydroxylation is 1. The molecular formula is C11H9ClF3N3O. The predicted octanol–water partition coefficient (Wildman–Crippen LogP) is 3.32. The van der Waals surface area contributed by atoms with Crippen LogP contribution in [0.2, 0.25) is 0 Å². The van der Waals surface area contributed by atoms with Crippen molar-refractivity contribution >= 4 is 11.6 Å². The summed E-state index contributed by atoms with van der Waals surface area (Å²) >= 11 is 5.53. The van der Waals surface area contributed by atoms with Gasteiger partial charge in [-0.2, -0.15) is 13.2 Å². The first kappa shape index (κ1) is 13.8. The van der Waals surface area contributed by atoms with E-state index < -0.39 is 11.7 Å². The largest absolute Gasteiger partial charge is 0.419 e. The van der Waals surface area contributed by atoms with Gasteiger partial charge in [-0.05, 0) is 18.6 Å². The van der Waals surface area contributed by atoms with Crippen LogP contribution in [0.25, 0.3) is 11.6 Å². The second-order valence-electron chi connectivity index (χ2n) is 3.72. The third-order valence-electron chi connectivity index (χ3n) is 2.30. The Kier molecular flexibility index (Phi) is 4.04. The quantitative estimate of drug-likeness (QED) is 0.811. The zero-order valence-corrected chi connectivity index (χ0v) is 10.4. The van der Waals surface area contributed by atoms with Gasteiger partial charge < -0.3 is 4.42 Å². The highest BCUT2D eigenvalue weighted by Crippen LogP contribution is 2.29. The zero-order chi connectivity index (χ0) is 13.9. The number of pyridine rings is 1. The van der Waals surface area contributed by atoms with Crippen molar-refractivity contribution in [2.45, 2.75) is 19.0 Å². The summed E-state index contributed by atoms with van der Waals surface area (Å²) in [5, 5.41) is 7.49. The maximum Gasteiger partial charge on any atom is 0.417 e. The molecule has 0 atom stereocenters. The van der Waals surface area contributed by atoms with Crippen LogP contribution in [0, 0.1) is 0 Å². The lowest BCUT2D eigenvalue weighted by molar-refractivity contribution is -0.137. The summed E-state index contributed by atoms with van der Waals surface area (Å²) in [6.45, 7) is 0. The number of alkyl halides is 4. The molecule has 0 aliphatic heterocycles. The highest BCUT2D eigenvalue weighted by atomic mass is 35.5. The van der Waals surface area contributed by atoms with Crippen molar-refractivity contribution in [3.8, 4) is 11.6 Å². The molecule has 0 aliphatic rings. The van der Waals surface area contributed by atoms with Crippen molar-refractivity contribution in [2.75, 3.05) is 5.88 Å². The average molecular weight is 292 g/mol. The second-order valence-corrected chi connectivity index (χ2v) is 4.10. The van der Waals surface area contributed by atoms with Crippen LogP contribution in [-0.4, -0.2) is 21.1 Å². The smallest absolute Gasteiger partial charge is 0.417 e. The Hall–Kier alpha value is -1.63. The normalized spacial score (nSPS) is 11.8. The van der Waals surface area contributed by atoms with Crippen LogP contribution >= 0.6 is 11.6 Å². The summed E-state index contributed by atoms with van der Waals surface area (Å²) in [6.07, 6.45) is -2.47. The van der Waals surface area contributed by atoms with Gasteiger partial charge in [0.05, 0.1) is 5.56 Å². The minimum atomic E-state index is -4.41. The van der Waals surface area contributed by atoms with Crippen molar-refractivity contribution in [3.05, 3.63) is 29.8 Å². The second kappa shape index (κ2) is 5.56. The van der Waals surface area contributed by atoms with E-state index in [2.05, 4.69) is 15.2 Å². The van der Waals surface area contributed by atoms with Crippen molar-refractivity contribution in [3.63, 3.8) is 0 Å². The van der Waals surface area contributed by atoms with Gasteiger partial charge in [-0.25, -0.2) is 0 Å². The molecule has 0 fully saturated rings. The van der Waals surface area contributed by atoms with E-state index in [0.29, 0.717) is 24.6 Å². The molecule has 102 valence electrons. The van der Waals surface area contributed by atoms with Crippen LogP contribution < -0.4 is 0 Å². The van der Waals surface area contributed by atoms with E-state index in [0.717, 1.165) is 12.3 Å². The van der Waals surface area contributed by atoms with Gasteiger partial charge in [0.2, 0.25) is 5.89 Å². The zero-order valence-electron chi connectivity index (χ0n) is 9.62. The molecule has 0 bridgehead atoms. The van der Waals surface area contributed by atoms with Crippen molar-refractivity contribution < 1.29 is 17.6 Å². The summed E-state index contributed by atoms with van der Waals surface area (Å²) in [7, 11) is 0. The Morgan fingerprint density at radius 3 is 2.58 bits per heavy atom. The lowest BCUT2D eigenvalue weighted by Gasteiger charge is -2.05. The number of hydrogen-bond acceptors (Lipinski definition) is 4. The molecule has 2 aromatic heterocycles. The van der Waals surface area contributed by atoms with E-state index in [-0.39, 0.29) is 11.6 Å². The summed E-state index contributed by atoms with van der Waals surface area (Å²) in [4.78, 5) is 3.67. The summed E-state index contributed by atoms with van der Waals surface area (Å²) in [5.74, 6) is 0.951. The maximum absolute atomic E-state index is 12.4. The Labute approximate surface area is 111 Å². The van der Waals surface area contributed by atoms with Crippen LogP contribution in [0.1, 0.15) is 17.9 Å². The first-order valence-electron chi connectivity index (χ1n) is 5.42. The average Bonchev–Trinajstić information content (AvgIpc) is 2.84. The number of nitrogens with zero attached hydrogens (tertiary/aromatic N) is 3. The predicted molar refractivity (Wildman–Crippen MR) is 61.6 cm³/mol. The fourth-order valence-electron chi connectivity index (χ4n) is 1.36. The molecule has 0 saturated heterocycles. The monoisotopic (exact) mass is 291 g/mol. The van der Waals surface area contributed by atoms with Crippen molar-refractivity contribution in [2.24, 2.45) is 0 Å². The van der Waals surface area contributed by atoms with E-state index in [1.54, 1.807) is 0 Å². The van der Waals surface area contributed by atoms with Crippen molar-refractivity contribution in [1.29, 1.82) is 0 Å². The van der Waals surface area contributed by atoms with Crippen LogP contribution in [0.4, 0.5) is 13.2 Å². The number of halogens is 4. The minimum Gasteiger partial charge on any atom is -0.419 e. The Balaban J connectivity index is 2.16. The van der Waals surface area contributed by atoms with Crippen LogP contribution in [0.15, 0.2) is 22.7 Å². The molecule has 0 N–H and O–H groups in total. The van der Waals surface area contributed by atoms with Crippen LogP contribution in [-0.2, 0) is 12.6 Å². The summed E-state index contributed by atoms with van der Waals surface area (Å²) in [6, 6.07) is 2.12. The van der Waals surface area contributed by atoms with E-state index in [1.807, 2.05) is 0 Å². The Morgan fingerprint density at radius 1 is 1.21 bits per heavy atom. The number of hydrogen-bond donors (Lipinski definition) is 0. The molecule has 19 heavy (non-hydrogen) atoms. The summed E-state index contributed by atoms with van der Waals surface area (Å²) in [5.41, 5.74) is -0.615. The fourth-order valence-corrected chi connectivity index (χ4v) is 1.50. The van der Waals surface area contributed by atoms with E-state index in [1.165, 1.54) is 6.07 Å². The fraction of sp³-hybridized carbons (Fsp3) is 0.364. The van der Waals surface area contributed by atoms with Crippen molar-refractivity contribution in [1.82, 2.24) is 15.2 Å². The molecule has 0 spiro atoms. The van der Waals surface area contributed by atoms with Gasteiger partial charge >= 0.3 is 6.18 Å². The summed E-state index contributed by atoms with van der Waals surface area (Å²) < 4.78 is 42.4. The third kappa shape index (κ3) is 3.44. The van der Waals surface area contributed by atoms with Crippen LogP contribution in [0.3, 0.4) is 0 Å². The lowest BCUT2D eigenvalue weighted by Crippen LogP contribution is -2.05. The molecular weight excluding hydrogens is 283 g/mol. The van der Waals surface area contributed by atoms with Gasteiger partial charge in [0.1, 0.15) is 5.69 Å². The highest BCUT2D eigenvalue weighted by Gasteiger charge is 2.30. The number of aromatic nitrogens is 3. The molecule has 0 unspecified atom stereocenters. The molecule has 4 nitrogen and oxygen atoms in total. The SMILES string of the molecule is FC(F)(F)c1ccc(-c2nnc(CCCCl)o2)nc1. The molecule has 8 heteroatoms. The lowest BCUT2D eigenvalue weighted by atomic mass is 10.2. The van der Waals surface area contributed by atoms with E-state index >= 15 is 0 Å². The van der Waals surface area contributed by atoms with E-state index in [4.69, 9.17) is 16.0 Å². The Morgan fingerprint density at radius 2 is 2.00 bits per heavy atom. The molecule has 0 aromatic carbocycles. The maximum atomic E-state index is 12.4. The highest BCUT2D eigenvalue weighted by molar-refractivity contribution is 6.17. The first-order valence-corrected chi connectivity index (χ1v) is 5.96. The van der Waals surface area contributed by atoms with Gasteiger partial charge in [0.25, 0.3) is 5.89 Å². The molecule has 2 rings (SSSR count). The van der Waals surface area contributed by atoms with Gasteiger partial charge in [-0.15, -0.1) is 21.8 Å². The van der Waals surface area contributed by atoms with E-state index in [9.17, 15) is 13.2 Å². The molecule has 2 aromatic rings. The Bertz CT molecular complexity index is 539. The molecule has 0 saturated carbocycles.